The zero-order valence-electron chi connectivity index (χ0n) is 15.0. The fourth-order valence-electron chi connectivity index (χ4n) is 2.73. The maximum Gasteiger partial charge on any atom is 0.306 e. The van der Waals surface area contributed by atoms with Crippen LogP contribution in [0, 0.1) is 0 Å². The number of carbonyl (C=O) groups is 2. The normalized spacial score (nSPS) is 10.5. The number of rotatable bonds is 10. The molecule has 0 aromatic heterocycles. The summed E-state index contributed by atoms with van der Waals surface area (Å²) in [5, 5.41) is 2.98. The second-order valence-corrected chi connectivity index (χ2v) is 7.00. The van der Waals surface area contributed by atoms with E-state index in [4.69, 9.17) is 0 Å². The highest BCUT2D eigenvalue weighted by atomic mass is 32.2. The molecule has 0 saturated heterocycles. The molecule has 2 rings (SSSR count). The number of thioether (sulfide) groups is 1. The van der Waals surface area contributed by atoms with Crippen molar-refractivity contribution in [2.24, 2.45) is 0 Å². The molecule has 4 nitrogen and oxygen atoms in total. The number of nitrogens with one attached hydrogen (secondary N) is 1. The molecule has 0 saturated carbocycles. The van der Waals surface area contributed by atoms with E-state index in [0.29, 0.717) is 24.5 Å². The largest absolute Gasteiger partial charge is 0.469 e. The predicted molar refractivity (Wildman–Crippen MR) is 106 cm³/mol. The first-order valence-electron chi connectivity index (χ1n) is 8.72. The van der Waals surface area contributed by atoms with Gasteiger partial charge in [-0.1, -0.05) is 60.7 Å². The van der Waals surface area contributed by atoms with Gasteiger partial charge in [0.15, 0.2) is 0 Å². The minimum Gasteiger partial charge on any atom is -0.469 e. The van der Waals surface area contributed by atoms with Crippen molar-refractivity contribution in [2.45, 2.75) is 18.8 Å². The van der Waals surface area contributed by atoms with Gasteiger partial charge in [-0.25, -0.2) is 0 Å². The first kappa shape index (κ1) is 20.0. The van der Waals surface area contributed by atoms with Crippen molar-refractivity contribution in [2.75, 3.05) is 25.2 Å². The summed E-state index contributed by atoms with van der Waals surface area (Å²) in [5.74, 6) is 0.964. The molecule has 0 fully saturated rings. The minimum absolute atomic E-state index is 0.000242. The van der Waals surface area contributed by atoms with E-state index >= 15 is 0 Å². The Hall–Kier alpha value is -2.27. The van der Waals surface area contributed by atoms with Crippen molar-refractivity contribution in [3.63, 3.8) is 0 Å². The zero-order valence-corrected chi connectivity index (χ0v) is 15.8. The second-order valence-electron chi connectivity index (χ2n) is 5.89. The highest BCUT2D eigenvalue weighted by molar-refractivity contribution is 7.99. The van der Waals surface area contributed by atoms with E-state index in [2.05, 4.69) is 34.3 Å². The number of methoxy groups -OCH3 is 1. The van der Waals surface area contributed by atoms with Gasteiger partial charge in [-0.2, -0.15) is 11.8 Å². The molecule has 5 heteroatoms. The Morgan fingerprint density at radius 2 is 1.58 bits per heavy atom. The van der Waals surface area contributed by atoms with Gasteiger partial charge < -0.3 is 10.1 Å². The summed E-state index contributed by atoms with van der Waals surface area (Å²) in [6, 6.07) is 20.7. The van der Waals surface area contributed by atoms with Crippen LogP contribution in [-0.4, -0.2) is 37.0 Å². The molecular formula is C21H25NO3S. The number of hydrogen-bond donors (Lipinski definition) is 1. The molecule has 0 bridgehead atoms. The number of amides is 1. The van der Waals surface area contributed by atoms with E-state index in [-0.39, 0.29) is 17.8 Å². The first-order chi connectivity index (χ1) is 12.7. The second kappa shape index (κ2) is 11.4. The van der Waals surface area contributed by atoms with Crippen molar-refractivity contribution in [3.05, 3.63) is 71.8 Å². The van der Waals surface area contributed by atoms with E-state index in [1.807, 2.05) is 36.4 Å². The lowest BCUT2D eigenvalue weighted by Crippen LogP contribution is -2.27. The molecule has 2 aromatic carbocycles. The van der Waals surface area contributed by atoms with Crippen LogP contribution in [0.15, 0.2) is 60.7 Å². The quantitative estimate of drug-likeness (QED) is 0.512. The number of ether oxygens (including phenoxy) is 1. The molecule has 0 heterocycles. The van der Waals surface area contributed by atoms with Gasteiger partial charge in [0.05, 0.1) is 19.3 Å². The van der Waals surface area contributed by atoms with Crippen LogP contribution in [0.25, 0.3) is 0 Å². The van der Waals surface area contributed by atoms with Crippen LogP contribution in [0.2, 0.25) is 0 Å². The van der Waals surface area contributed by atoms with Crippen molar-refractivity contribution in [1.29, 1.82) is 0 Å². The van der Waals surface area contributed by atoms with Crippen LogP contribution in [0.5, 0.6) is 0 Å². The topological polar surface area (TPSA) is 55.4 Å². The molecule has 26 heavy (non-hydrogen) atoms. The third-order valence-electron chi connectivity index (χ3n) is 4.07. The summed E-state index contributed by atoms with van der Waals surface area (Å²) in [5.41, 5.74) is 2.50. The third kappa shape index (κ3) is 6.92. The van der Waals surface area contributed by atoms with Crippen molar-refractivity contribution in [3.8, 4) is 0 Å². The van der Waals surface area contributed by atoms with E-state index in [9.17, 15) is 9.59 Å². The van der Waals surface area contributed by atoms with Gasteiger partial charge in [-0.15, -0.1) is 0 Å². The maximum absolute atomic E-state index is 12.0. The predicted octanol–water partition coefficient (Wildman–Crippen LogP) is 3.62. The zero-order chi connectivity index (χ0) is 18.6. The molecule has 0 aliphatic carbocycles. The van der Waals surface area contributed by atoms with Gasteiger partial charge >= 0.3 is 5.97 Å². The van der Waals surface area contributed by atoms with Crippen molar-refractivity contribution in [1.82, 2.24) is 5.32 Å². The molecule has 0 aliphatic heterocycles. The Labute approximate surface area is 159 Å². The molecule has 0 aliphatic rings. The minimum atomic E-state index is -0.244. The highest BCUT2D eigenvalue weighted by Gasteiger charge is 2.14. The lowest BCUT2D eigenvalue weighted by atomic mass is 9.88. The third-order valence-corrected chi connectivity index (χ3v) is 5.03. The lowest BCUT2D eigenvalue weighted by Gasteiger charge is -2.18. The maximum atomic E-state index is 12.0. The van der Waals surface area contributed by atoms with Gasteiger partial charge in [-0.05, 0) is 17.5 Å². The average molecular weight is 372 g/mol. The molecule has 0 radical (unpaired) electrons. The lowest BCUT2D eigenvalue weighted by molar-refractivity contribution is -0.140. The summed E-state index contributed by atoms with van der Waals surface area (Å²) in [7, 11) is 1.37. The van der Waals surface area contributed by atoms with Crippen LogP contribution < -0.4 is 5.32 Å². The molecule has 1 N–H and O–H groups in total. The molecule has 2 aromatic rings. The molecule has 0 unspecified atom stereocenters. The molecule has 0 atom stereocenters. The smallest absolute Gasteiger partial charge is 0.306 e. The Kier molecular flexibility index (Phi) is 8.76. The molecule has 0 spiro atoms. The van der Waals surface area contributed by atoms with Gasteiger partial charge in [0.1, 0.15) is 0 Å². The molecular weight excluding hydrogens is 346 g/mol. The molecule has 1 amide bonds. The van der Waals surface area contributed by atoms with Crippen molar-refractivity contribution < 1.29 is 14.3 Å². The summed E-state index contributed by atoms with van der Waals surface area (Å²) in [4.78, 5) is 23.0. The first-order valence-corrected chi connectivity index (χ1v) is 9.87. The van der Waals surface area contributed by atoms with Crippen LogP contribution in [-0.2, 0) is 14.3 Å². The van der Waals surface area contributed by atoms with Crippen LogP contribution in [0.3, 0.4) is 0 Å². The Bertz CT molecular complexity index is 637. The van der Waals surface area contributed by atoms with E-state index < -0.39 is 0 Å². The van der Waals surface area contributed by atoms with Gasteiger partial charge in [0.2, 0.25) is 5.91 Å². The van der Waals surface area contributed by atoms with Crippen LogP contribution >= 0.6 is 11.8 Å². The summed E-state index contributed by atoms with van der Waals surface area (Å²) < 4.78 is 4.58. The fourth-order valence-corrected chi connectivity index (χ4v) is 3.47. The standard InChI is InChI=1S/C21H25NO3S/c1-25-21(24)13-15-26-16-20(23)22-14-12-19(17-8-4-2-5-9-17)18-10-6-3-7-11-18/h2-11,19H,12-16H2,1H3,(H,22,23). The monoisotopic (exact) mass is 371 g/mol. The van der Waals surface area contributed by atoms with Crippen molar-refractivity contribution >= 4 is 23.6 Å². The average Bonchev–Trinajstić information content (AvgIpc) is 2.69. The number of hydrogen-bond acceptors (Lipinski definition) is 4. The molecule has 138 valence electrons. The van der Waals surface area contributed by atoms with Crippen LogP contribution in [0.1, 0.15) is 29.9 Å². The summed E-state index contributed by atoms with van der Waals surface area (Å²) in [6.07, 6.45) is 1.17. The number of benzene rings is 2. The SMILES string of the molecule is COC(=O)CCSCC(=O)NCCC(c1ccccc1)c1ccccc1. The Balaban J connectivity index is 1.81. The van der Waals surface area contributed by atoms with Gasteiger partial charge in [0.25, 0.3) is 0 Å². The Morgan fingerprint density at radius 3 is 2.12 bits per heavy atom. The fraction of sp³-hybridized carbons (Fsp3) is 0.333. The van der Waals surface area contributed by atoms with E-state index in [1.54, 1.807) is 0 Å². The number of esters is 1. The van der Waals surface area contributed by atoms with Gasteiger partial charge in [0, 0.05) is 18.2 Å². The summed E-state index contributed by atoms with van der Waals surface area (Å²) in [6.45, 7) is 0.616. The number of carbonyl (C=O) groups excluding carboxylic acids is 2. The van der Waals surface area contributed by atoms with Crippen LogP contribution in [0.4, 0.5) is 0 Å². The Morgan fingerprint density at radius 1 is 1.00 bits per heavy atom. The highest BCUT2D eigenvalue weighted by Crippen LogP contribution is 2.27. The summed E-state index contributed by atoms with van der Waals surface area (Å²) >= 11 is 1.44. The van der Waals surface area contributed by atoms with Gasteiger partial charge in [-0.3, -0.25) is 9.59 Å². The van der Waals surface area contributed by atoms with E-state index in [1.165, 1.54) is 30.0 Å². The van der Waals surface area contributed by atoms with E-state index in [0.717, 1.165) is 6.42 Å².